The van der Waals surface area contributed by atoms with Gasteiger partial charge in [0.25, 0.3) is 7.82 Å². The summed E-state index contributed by atoms with van der Waals surface area (Å²) in [6.45, 7) is 4.64. The highest BCUT2D eigenvalue weighted by atomic mass is 31.2. The molecule has 0 aromatic carbocycles. The summed E-state index contributed by atoms with van der Waals surface area (Å²) in [4.78, 5) is 25.3. The minimum atomic E-state index is -4.58. The van der Waals surface area contributed by atoms with E-state index < -0.39 is 20.0 Å². The molecule has 0 aliphatic heterocycles. The Morgan fingerprint density at radius 2 is 0.833 bits per heavy atom. The van der Waals surface area contributed by atoms with Gasteiger partial charge in [0.2, 0.25) is 5.91 Å². The molecule has 0 bridgehead atoms. The third-order valence-electron chi connectivity index (χ3n) is 13.2. The molecule has 66 heavy (non-hydrogen) atoms. The molecule has 0 radical (unpaired) electrons. The van der Waals surface area contributed by atoms with Gasteiger partial charge in [-0.15, -0.1) is 0 Å². The monoisotopic (exact) mass is 953 g/mol. The van der Waals surface area contributed by atoms with Gasteiger partial charge < -0.3 is 28.8 Å². The van der Waals surface area contributed by atoms with Crippen LogP contribution in [0.3, 0.4) is 0 Å². The second-order valence-corrected chi connectivity index (χ2v) is 22.4. The van der Waals surface area contributed by atoms with E-state index in [4.69, 9.17) is 9.05 Å². The molecule has 2 N–H and O–H groups in total. The standard InChI is InChI=1S/C57H113N2O6P/c1-6-8-10-12-14-16-17-18-19-20-21-22-23-24-25-26-27-28-29-30-31-32-33-34-35-36-37-38-39-40-41-43-45-47-49-51-57(61)58-55(54-65-66(62,63)64-53-52-59(3,4)5)56(60)50-48-46-44-42-15-13-11-9-7-2/h20-21,48,50,55-56,60H,6-19,22-47,49,51-54H2,1-5H3,(H-,58,61,62,63)/b21-20-,50-48+. The minimum Gasteiger partial charge on any atom is -0.756 e. The number of rotatable bonds is 53. The zero-order valence-electron chi connectivity index (χ0n) is 44.7. The van der Waals surface area contributed by atoms with Gasteiger partial charge in [-0.2, -0.15) is 0 Å². The number of phosphoric acid groups is 1. The Labute approximate surface area is 411 Å². The highest BCUT2D eigenvalue weighted by molar-refractivity contribution is 7.45. The van der Waals surface area contributed by atoms with E-state index in [-0.39, 0.29) is 19.1 Å². The van der Waals surface area contributed by atoms with Crippen molar-refractivity contribution in [3.63, 3.8) is 0 Å². The first-order valence-corrected chi connectivity index (χ1v) is 30.2. The van der Waals surface area contributed by atoms with Crippen molar-refractivity contribution in [3.05, 3.63) is 24.3 Å². The van der Waals surface area contributed by atoms with Crippen LogP contribution < -0.4 is 10.2 Å². The highest BCUT2D eigenvalue weighted by Gasteiger charge is 2.23. The second kappa shape index (κ2) is 49.0. The maximum Gasteiger partial charge on any atom is 0.268 e. The molecule has 392 valence electrons. The molecule has 0 aromatic rings. The first-order valence-electron chi connectivity index (χ1n) is 28.7. The van der Waals surface area contributed by atoms with Crippen molar-refractivity contribution >= 4 is 13.7 Å². The van der Waals surface area contributed by atoms with Crippen molar-refractivity contribution in [2.24, 2.45) is 0 Å². The number of allylic oxidation sites excluding steroid dienone is 3. The quantitative estimate of drug-likeness (QED) is 0.0272. The summed E-state index contributed by atoms with van der Waals surface area (Å²) in [7, 11) is 1.27. The van der Waals surface area contributed by atoms with Crippen LogP contribution in [-0.4, -0.2) is 68.5 Å². The lowest BCUT2D eigenvalue weighted by Gasteiger charge is -2.29. The fraction of sp³-hybridized carbons (Fsp3) is 0.912. The van der Waals surface area contributed by atoms with Crippen LogP contribution in [0, 0.1) is 0 Å². The van der Waals surface area contributed by atoms with Gasteiger partial charge in [0.15, 0.2) is 0 Å². The van der Waals surface area contributed by atoms with E-state index in [0.29, 0.717) is 17.4 Å². The predicted octanol–water partition coefficient (Wildman–Crippen LogP) is 16.6. The van der Waals surface area contributed by atoms with Crippen LogP contribution in [0.15, 0.2) is 24.3 Å². The van der Waals surface area contributed by atoms with Gasteiger partial charge in [-0.05, 0) is 44.9 Å². The normalized spacial score (nSPS) is 14.1. The number of amides is 1. The number of phosphoric ester groups is 1. The summed E-state index contributed by atoms with van der Waals surface area (Å²) < 4.78 is 23.2. The Bertz CT molecular complexity index is 1130. The molecule has 0 spiro atoms. The molecule has 8 nitrogen and oxygen atoms in total. The van der Waals surface area contributed by atoms with Gasteiger partial charge in [0.1, 0.15) is 13.2 Å². The lowest BCUT2D eigenvalue weighted by atomic mass is 10.0. The van der Waals surface area contributed by atoms with Crippen LogP contribution in [0.2, 0.25) is 0 Å². The molecule has 0 saturated heterocycles. The van der Waals surface area contributed by atoms with Crippen LogP contribution in [0.4, 0.5) is 0 Å². The van der Waals surface area contributed by atoms with Crippen molar-refractivity contribution in [2.75, 3.05) is 40.9 Å². The summed E-state index contributed by atoms with van der Waals surface area (Å²) in [5, 5.41) is 13.8. The number of carbonyl (C=O) groups excluding carboxylic acids is 1. The van der Waals surface area contributed by atoms with E-state index in [1.54, 1.807) is 6.08 Å². The van der Waals surface area contributed by atoms with Crippen LogP contribution in [0.1, 0.15) is 284 Å². The van der Waals surface area contributed by atoms with Gasteiger partial charge in [0, 0.05) is 6.42 Å². The Balaban J connectivity index is 3.84. The molecule has 0 aliphatic carbocycles. The molecule has 0 rings (SSSR count). The largest absolute Gasteiger partial charge is 0.756 e. The van der Waals surface area contributed by atoms with Gasteiger partial charge in [-0.1, -0.05) is 256 Å². The minimum absolute atomic E-state index is 0.00110. The van der Waals surface area contributed by atoms with E-state index in [1.165, 1.54) is 225 Å². The SMILES string of the molecule is CCCCCCCCC/C=C/C(O)C(COP(=O)([O-])OCC[N+](C)(C)C)NC(=O)CCCCCCCCCCCCCCCCCCCCCCCCC/C=C\CCCCCCCCCC. The summed E-state index contributed by atoms with van der Waals surface area (Å²) >= 11 is 0. The van der Waals surface area contributed by atoms with Crippen molar-refractivity contribution < 1.29 is 32.9 Å². The van der Waals surface area contributed by atoms with Gasteiger partial charge >= 0.3 is 0 Å². The van der Waals surface area contributed by atoms with Gasteiger partial charge in [0.05, 0.1) is 39.9 Å². The maximum atomic E-state index is 12.9. The molecule has 0 aliphatic rings. The smallest absolute Gasteiger partial charge is 0.268 e. The number of carbonyl (C=O) groups is 1. The Kier molecular flexibility index (Phi) is 48.2. The number of nitrogens with one attached hydrogen (secondary N) is 1. The zero-order valence-corrected chi connectivity index (χ0v) is 45.6. The van der Waals surface area contributed by atoms with Gasteiger partial charge in [-0.25, -0.2) is 0 Å². The molecule has 0 saturated carbocycles. The Hall–Kier alpha value is -1.02. The van der Waals surface area contributed by atoms with Crippen molar-refractivity contribution in [3.8, 4) is 0 Å². The predicted molar refractivity (Wildman–Crippen MR) is 284 cm³/mol. The van der Waals surface area contributed by atoms with E-state index in [0.717, 1.165) is 38.5 Å². The number of unbranched alkanes of at least 4 members (excludes halogenated alkanes) is 38. The molecular formula is C57H113N2O6P. The average Bonchev–Trinajstić information content (AvgIpc) is 3.28. The number of likely N-dealkylation sites (N-methyl/N-ethyl adjacent to an activating group) is 1. The second-order valence-electron chi connectivity index (χ2n) is 21.0. The van der Waals surface area contributed by atoms with E-state index >= 15 is 0 Å². The van der Waals surface area contributed by atoms with Crippen LogP contribution in [-0.2, 0) is 18.4 Å². The topological polar surface area (TPSA) is 108 Å². The summed E-state index contributed by atoms with van der Waals surface area (Å²) in [5.74, 6) is -0.195. The lowest BCUT2D eigenvalue weighted by molar-refractivity contribution is -0.870. The number of aliphatic hydroxyl groups excluding tert-OH is 1. The third kappa shape index (κ3) is 50.8. The first-order chi connectivity index (χ1) is 32.0. The number of aliphatic hydroxyl groups is 1. The van der Waals surface area contributed by atoms with Crippen molar-refractivity contribution in [1.29, 1.82) is 0 Å². The summed E-state index contributed by atoms with van der Waals surface area (Å²) in [5.41, 5.74) is 0. The molecule has 1 amide bonds. The number of hydrogen-bond acceptors (Lipinski definition) is 6. The zero-order chi connectivity index (χ0) is 48.5. The first kappa shape index (κ1) is 65.0. The van der Waals surface area contributed by atoms with Crippen LogP contribution in [0.25, 0.3) is 0 Å². The van der Waals surface area contributed by atoms with E-state index in [2.05, 4.69) is 31.3 Å². The Morgan fingerprint density at radius 1 is 0.515 bits per heavy atom. The molecule has 3 atom stereocenters. The van der Waals surface area contributed by atoms with Crippen LogP contribution >= 0.6 is 7.82 Å². The molecule has 9 heteroatoms. The van der Waals surface area contributed by atoms with Gasteiger partial charge in [-0.3, -0.25) is 9.36 Å². The van der Waals surface area contributed by atoms with Crippen molar-refractivity contribution in [1.82, 2.24) is 5.32 Å². The lowest BCUT2D eigenvalue weighted by Crippen LogP contribution is -2.45. The van der Waals surface area contributed by atoms with Crippen molar-refractivity contribution in [2.45, 2.75) is 296 Å². The van der Waals surface area contributed by atoms with Crippen LogP contribution in [0.5, 0.6) is 0 Å². The summed E-state index contributed by atoms with van der Waals surface area (Å²) in [6, 6.07) is -0.881. The third-order valence-corrected chi connectivity index (χ3v) is 14.1. The Morgan fingerprint density at radius 3 is 1.18 bits per heavy atom. The average molecular weight is 954 g/mol. The number of quaternary nitrogens is 1. The van der Waals surface area contributed by atoms with E-state index in [1.807, 2.05) is 27.2 Å². The molecular weight excluding hydrogens is 840 g/mol. The number of nitrogens with zero attached hydrogens (tertiary/aromatic N) is 1. The fourth-order valence-corrected chi connectivity index (χ4v) is 9.34. The molecule has 0 aromatic heterocycles. The molecule has 3 unspecified atom stereocenters. The number of hydrogen-bond donors (Lipinski definition) is 2. The summed E-state index contributed by atoms with van der Waals surface area (Å²) in [6.07, 6.45) is 61.5. The molecule has 0 fully saturated rings. The van der Waals surface area contributed by atoms with E-state index in [9.17, 15) is 19.4 Å². The maximum absolute atomic E-state index is 12.9. The molecule has 0 heterocycles. The highest BCUT2D eigenvalue weighted by Crippen LogP contribution is 2.38. The fourth-order valence-electron chi connectivity index (χ4n) is 8.62.